The Bertz CT molecular complexity index is 1520. The minimum absolute atomic E-state index is 0.00273. The molecule has 13 heteroatoms. The Morgan fingerprint density at radius 2 is 1.72 bits per heavy atom. The summed E-state index contributed by atoms with van der Waals surface area (Å²) in [5, 5.41) is 28.3. The van der Waals surface area contributed by atoms with Crippen LogP contribution in [0.5, 0.6) is 0 Å². The van der Waals surface area contributed by atoms with Crippen LogP contribution in [0.3, 0.4) is 0 Å². The number of rotatable bonds is 12. The third-order valence-corrected chi connectivity index (χ3v) is 7.18. The summed E-state index contributed by atoms with van der Waals surface area (Å²) in [6, 6.07) is 17.1. The number of aliphatic hydroxyl groups is 1. The van der Waals surface area contributed by atoms with Gasteiger partial charge in [0.05, 0.1) is 15.3 Å². The summed E-state index contributed by atoms with van der Waals surface area (Å²) in [5.74, 6) is -1.10. The van der Waals surface area contributed by atoms with Crippen LogP contribution in [0.25, 0.3) is 10.1 Å². The average molecular weight is 609 g/mol. The molecule has 4 rings (SSSR count). The van der Waals surface area contributed by atoms with Crippen LogP contribution < -0.4 is 10.6 Å². The van der Waals surface area contributed by atoms with Crippen molar-refractivity contribution in [2.45, 2.75) is 51.7 Å². The monoisotopic (exact) mass is 608 g/mol. The van der Waals surface area contributed by atoms with Crippen molar-refractivity contribution in [2.75, 3.05) is 11.9 Å². The van der Waals surface area contributed by atoms with E-state index < -0.39 is 34.9 Å². The van der Waals surface area contributed by atoms with Gasteiger partial charge in [0, 0.05) is 24.9 Å². The molecule has 226 valence electrons. The summed E-state index contributed by atoms with van der Waals surface area (Å²) >= 11 is 1.46. The Hall–Kier alpha value is -4.75. The summed E-state index contributed by atoms with van der Waals surface area (Å²) in [7, 11) is 0. The predicted molar refractivity (Wildman–Crippen MR) is 160 cm³/mol. The number of aliphatic hydroxyl groups excluding tert-OH is 1. The Morgan fingerprint density at radius 1 is 1.05 bits per heavy atom. The van der Waals surface area contributed by atoms with E-state index >= 15 is 0 Å². The van der Waals surface area contributed by atoms with Crippen LogP contribution in [0.15, 0.2) is 73.1 Å². The van der Waals surface area contributed by atoms with Crippen molar-refractivity contribution in [3.63, 3.8) is 0 Å². The van der Waals surface area contributed by atoms with Crippen LogP contribution in [0.1, 0.15) is 53.7 Å². The van der Waals surface area contributed by atoms with Crippen molar-refractivity contribution in [3.8, 4) is 0 Å². The van der Waals surface area contributed by atoms with Crippen molar-refractivity contribution >= 4 is 38.5 Å². The Kier molecular flexibility index (Phi) is 10.1. The van der Waals surface area contributed by atoms with Gasteiger partial charge in [0.2, 0.25) is 0 Å². The number of nitrogens with one attached hydrogen (secondary N) is 2. The van der Waals surface area contributed by atoms with E-state index in [1.165, 1.54) is 23.5 Å². The topological polar surface area (TPSA) is 162 Å². The summed E-state index contributed by atoms with van der Waals surface area (Å²) < 4.78 is 11.7. The lowest BCUT2D eigenvalue weighted by Gasteiger charge is -2.26. The fraction of sp³-hybridized carbons (Fsp3) is 0.300. The highest BCUT2D eigenvalue weighted by atomic mass is 32.1. The van der Waals surface area contributed by atoms with Crippen molar-refractivity contribution < 1.29 is 34.1 Å². The molecule has 0 saturated carbocycles. The number of carbonyl (C=O) groups excluding carboxylic acids is 2. The molecule has 0 saturated heterocycles. The van der Waals surface area contributed by atoms with Crippen LogP contribution in [0.2, 0.25) is 0 Å². The van der Waals surface area contributed by atoms with E-state index in [1.807, 2.05) is 12.1 Å². The molecule has 2 aromatic carbocycles. The zero-order valence-corrected chi connectivity index (χ0v) is 24.6. The number of esters is 1. The Labute approximate surface area is 251 Å². The van der Waals surface area contributed by atoms with Gasteiger partial charge < -0.3 is 30.1 Å². The van der Waals surface area contributed by atoms with E-state index in [0.29, 0.717) is 16.7 Å². The largest absolute Gasteiger partial charge is 0.457 e. The maximum Gasteiger partial charge on any atom is 0.407 e. The number of fused-ring (bicyclic) bond motifs is 1. The first kappa shape index (κ1) is 31.2. The van der Waals surface area contributed by atoms with Crippen LogP contribution in [-0.2, 0) is 27.5 Å². The molecule has 0 aliphatic carbocycles. The highest BCUT2D eigenvalue weighted by Crippen LogP contribution is 2.31. The van der Waals surface area contributed by atoms with Crippen molar-refractivity contribution in [1.82, 2.24) is 10.3 Å². The third-order valence-electron chi connectivity index (χ3n) is 6.16. The number of thiophene rings is 1. The standard InChI is InChI=1S/C30H32N4O8S/c1-30(2,3)42-29(37)32-15-24(27(35)33-26-14-23-12-13-31-16-25(23)43-26)21-8-4-19(5-9-21)17-40-28(36)22-10-6-20(7-11-22)18-41-34(38)39/h4-14,16,24,27,33,35H,15,17-18H2,1-3H3,(H,32,37)/t24-,27+/m1/s1. The molecule has 4 aromatic rings. The van der Waals surface area contributed by atoms with E-state index in [-0.39, 0.29) is 19.8 Å². The second-order valence-electron chi connectivity index (χ2n) is 10.6. The molecule has 43 heavy (non-hydrogen) atoms. The lowest BCUT2D eigenvalue weighted by atomic mass is 9.96. The molecule has 1 amide bonds. The van der Waals surface area contributed by atoms with Crippen LogP contribution >= 0.6 is 11.3 Å². The minimum atomic E-state index is -1.06. The highest BCUT2D eigenvalue weighted by molar-refractivity contribution is 7.22. The maximum absolute atomic E-state index is 12.5. The molecular formula is C30H32N4O8S. The van der Waals surface area contributed by atoms with Gasteiger partial charge in [-0.3, -0.25) is 4.98 Å². The Balaban J connectivity index is 1.41. The number of hydrogen-bond donors (Lipinski definition) is 3. The van der Waals surface area contributed by atoms with Gasteiger partial charge in [0.1, 0.15) is 25.0 Å². The molecule has 0 aliphatic heterocycles. The van der Waals surface area contributed by atoms with Crippen LogP contribution in [-0.4, -0.2) is 45.6 Å². The molecule has 12 nitrogen and oxygen atoms in total. The quantitative estimate of drug-likeness (QED) is 0.0821. The third kappa shape index (κ3) is 9.38. The first-order valence-corrected chi connectivity index (χ1v) is 14.2. The van der Waals surface area contributed by atoms with Gasteiger partial charge >= 0.3 is 12.1 Å². The lowest BCUT2D eigenvalue weighted by molar-refractivity contribution is -0.763. The number of ether oxygens (including phenoxy) is 2. The number of carbonyl (C=O) groups is 2. The molecule has 0 bridgehead atoms. The first-order chi connectivity index (χ1) is 20.5. The summed E-state index contributed by atoms with van der Waals surface area (Å²) in [6.07, 6.45) is 1.81. The van der Waals surface area contributed by atoms with E-state index in [2.05, 4.69) is 20.5 Å². The van der Waals surface area contributed by atoms with Crippen molar-refractivity contribution in [1.29, 1.82) is 0 Å². The molecule has 0 spiro atoms. The van der Waals surface area contributed by atoms with E-state index in [0.717, 1.165) is 20.7 Å². The van der Waals surface area contributed by atoms with Gasteiger partial charge in [-0.1, -0.05) is 36.4 Å². The van der Waals surface area contributed by atoms with Gasteiger partial charge in [-0.05, 0) is 67.1 Å². The molecule has 3 N–H and O–H groups in total. The smallest absolute Gasteiger partial charge is 0.407 e. The zero-order valence-electron chi connectivity index (χ0n) is 23.8. The number of aromatic nitrogens is 1. The predicted octanol–water partition coefficient (Wildman–Crippen LogP) is 5.40. The zero-order chi connectivity index (χ0) is 31.0. The number of amides is 1. The second-order valence-corrected chi connectivity index (χ2v) is 11.7. The Morgan fingerprint density at radius 3 is 2.37 bits per heavy atom. The number of hydrogen-bond acceptors (Lipinski definition) is 11. The van der Waals surface area contributed by atoms with Crippen LogP contribution in [0.4, 0.5) is 9.80 Å². The summed E-state index contributed by atoms with van der Waals surface area (Å²) in [6.45, 7) is 5.19. The fourth-order valence-corrected chi connectivity index (χ4v) is 5.04. The van der Waals surface area contributed by atoms with Gasteiger partial charge in [0.25, 0.3) is 5.09 Å². The molecule has 2 heterocycles. The number of pyridine rings is 1. The normalized spacial score (nSPS) is 12.7. The summed E-state index contributed by atoms with van der Waals surface area (Å²) in [4.78, 5) is 43.7. The van der Waals surface area contributed by atoms with Crippen molar-refractivity contribution in [2.24, 2.45) is 0 Å². The molecule has 0 fully saturated rings. The number of benzene rings is 2. The van der Waals surface area contributed by atoms with E-state index in [4.69, 9.17) is 9.47 Å². The van der Waals surface area contributed by atoms with E-state index in [9.17, 15) is 24.8 Å². The molecule has 2 aromatic heterocycles. The minimum Gasteiger partial charge on any atom is -0.457 e. The molecule has 0 radical (unpaired) electrons. The molecule has 2 atom stereocenters. The first-order valence-electron chi connectivity index (χ1n) is 13.3. The number of nitrogens with zero attached hydrogens (tertiary/aromatic N) is 2. The fourth-order valence-electron chi connectivity index (χ4n) is 4.08. The van der Waals surface area contributed by atoms with Crippen LogP contribution in [0, 0.1) is 10.1 Å². The molecular weight excluding hydrogens is 576 g/mol. The van der Waals surface area contributed by atoms with Gasteiger partial charge in [0.15, 0.2) is 0 Å². The van der Waals surface area contributed by atoms with Gasteiger partial charge in [-0.25, -0.2) is 9.59 Å². The lowest BCUT2D eigenvalue weighted by Crippen LogP contribution is -2.39. The number of alkyl carbamates (subject to hydrolysis) is 1. The van der Waals surface area contributed by atoms with Crippen molar-refractivity contribution in [3.05, 3.63) is 105 Å². The molecule has 0 aliphatic rings. The highest BCUT2D eigenvalue weighted by Gasteiger charge is 2.24. The molecule has 0 unspecified atom stereocenters. The van der Waals surface area contributed by atoms with E-state index in [1.54, 1.807) is 69.6 Å². The number of anilines is 1. The van der Waals surface area contributed by atoms with Gasteiger partial charge in [-0.2, -0.15) is 0 Å². The summed E-state index contributed by atoms with van der Waals surface area (Å²) in [5.41, 5.74) is 1.61. The SMILES string of the molecule is CC(C)(C)OC(=O)NC[C@H](c1ccc(COC(=O)c2ccc(CO[N+](=O)[O-])cc2)cc1)[C@H](O)Nc1cc2ccncc2s1. The second kappa shape index (κ2) is 13.9. The average Bonchev–Trinajstić information content (AvgIpc) is 3.37. The van der Waals surface area contributed by atoms with Gasteiger partial charge in [-0.15, -0.1) is 21.5 Å². The maximum atomic E-state index is 12.5.